The van der Waals surface area contributed by atoms with E-state index in [2.05, 4.69) is 9.97 Å². The van der Waals surface area contributed by atoms with Crippen molar-refractivity contribution in [2.24, 2.45) is 0 Å². The van der Waals surface area contributed by atoms with E-state index < -0.39 is 18.3 Å². The Hall–Kier alpha value is -1.63. The molecule has 0 spiro atoms. The molecule has 1 aromatic heterocycles. The zero-order valence-electron chi connectivity index (χ0n) is 14.3. The van der Waals surface area contributed by atoms with Gasteiger partial charge >= 0.3 is 7.12 Å². The Kier molecular flexibility index (Phi) is 3.87. The van der Waals surface area contributed by atoms with E-state index >= 15 is 0 Å². The first kappa shape index (κ1) is 16.2. The third-order valence-corrected chi connectivity index (χ3v) is 4.71. The van der Waals surface area contributed by atoms with Gasteiger partial charge in [0.15, 0.2) is 0 Å². The number of nitrogens with zero attached hydrogens (tertiary/aromatic N) is 1. The molecule has 1 aliphatic heterocycles. The van der Waals surface area contributed by atoms with Crippen molar-refractivity contribution in [2.75, 3.05) is 6.61 Å². The first-order chi connectivity index (χ1) is 10.7. The topological polar surface area (TPSA) is 67.4 Å². The lowest BCUT2D eigenvalue weighted by molar-refractivity contribution is 0.00578. The number of imidazole rings is 1. The van der Waals surface area contributed by atoms with Crippen LogP contribution in [0.2, 0.25) is 0 Å². The fraction of sp³-hybridized carbons (Fsp3) is 0.471. The van der Waals surface area contributed by atoms with Crippen LogP contribution in [-0.4, -0.2) is 40.0 Å². The summed E-state index contributed by atoms with van der Waals surface area (Å²) in [5.74, 6) is 0.884. The largest absolute Gasteiger partial charge is 0.492 e. The summed E-state index contributed by atoms with van der Waals surface area (Å²) in [7, 11) is -0.538. The fourth-order valence-electron chi connectivity index (χ4n) is 2.64. The van der Waals surface area contributed by atoms with Crippen molar-refractivity contribution in [3.63, 3.8) is 0 Å². The van der Waals surface area contributed by atoms with E-state index in [-0.39, 0.29) is 6.61 Å². The highest BCUT2D eigenvalue weighted by Crippen LogP contribution is 2.38. The Bertz CT molecular complexity index is 748. The summed E-state index contributed by atoms with van der Waals surface area (Å²) in [5.41, 5.74) is 2.75. The predicted octanol–water partition coefficient (Wildman–Crippen LogP) is 2.88. The lowest BCUT2D eigenvalue weighted by atomic mass is 9.77. The van der Waals surface area contributed by atoms with Gasteiger partial charge in [0, 0.05) is 0 Å². The van der Waals surface area contributed by atoms with Crippen LogP contribution in [0.15, 0.2) is 23.7 Å². The Morgan fingerprint density at radius 1 is 1.26 bits per heavy atom. The molecule has 5 nitrogen and oxygen atoms in total. The molecule has 0 saturated carbocycles. The smallest absolute Gasteiger partial charge is 0.400 e. The standard InChI is InChI=1S/C17H23BN2O3/c1-11-19-14-7-6-12(9-15(14)20-11)8-13(10-21)18-22-16(2,3)17(4,5)23-18/h6-9,21H,10H2,1-5H3,(H,19,20). The Labute approximate surface area is 136 Å². The fourth-order valence-corrected chi connectivity index (χ4v) is 2.64. The molecular formula is C17H23BN2O3. The normalized spacial score (nSPS) is 20.4. The Morgan fingerprint density at radius 3 is 2.52 bits per heavy atom. The lowest BCUT2D eigenvalue weighted by Crippen LogP contribution is -2.41. The van der Waals surface area contributed by atoms with Crippen molar-refractivity contribution in [1.82, 2.24) is 9.97 Å². The van der Waals surface area contributed by atoms with Gasteiger partial charge in [-0.2, -0.15) is 0 Å². The molecule has 1 aromatic carbocycles. The second kappa shape index (κ2) is 5.48. The minimum absolute atomic E-state index is 0.114. The number of aliphatic hydroxyl groups is 1. The molecule has 1 saturated heterocycles. The average Bonchev–Trinajstić information content (AvgIpc) is 2.91. The summed E-state index contributed by atoms with van der Waals surface area (Å²) in [6, 6.07) is 5.95. The van der Waals surface area contributed by atoms with Crippen molar-refractivity contribution in [3.05, 3.63) is 35.1 Å². The van der Waals surface area contributed by atoms with Gasteiger partial charge in [-0.15, -0.1) is 0 Å². The third kappa shape index (κ3) is 2.94. The molecule has 0 amide bonds. The summed E-state index contributed by atoms with van der Waals surface area (Å²) in [6.45, 7) is 9.82. The van der Waals surface area contributed by atoms with E-state index in [1.807, 2.05) is 58.9 Å². The predicted molar refractivity (Wildman–Crippen MR) is 92.0 cm³/mol. The number of hydrogen-bond donors (Lipinski definition) is 2. The molecule has 2 N–H and O–H groups in total. The molecular weight excluding hydrogens is 291 g/mol. The minimum Gasteiger partial charge on any atom is -0.400 e. The van der Waals surface area contributed by atoms with Crippen LogP contribution < -0.4 is 0 Å². The van der Waals surface area contributed by atoms with Crippen molar-refractivity contribution in [3.8, 4) is 0 Å². The molecule has 1 fully saturated rings. The van der Waals surface area contributed by atoms with Crippen molar-refractivity contribution >= 4 is 24.2 Å². The Morgan fingerprint density at radius 2 is 1.91 bits per heavy atom. The quantitative estimate of drug-likeness (QED) is 0.855. The van der Waals surface area contributed by atoms with Gasteiger partial charge in [-0.25, -0.2) is 4.98 Å². The number of rotatable bonds is 3. The number of nitrogens with one attached hydrogen (secondary N) is 1. The maximum Gasteiger partial charge on any atom is 0.492 e. The van der Waals surface area contributed by atoms with E-state index in [0.29, 0.717) is 5.47 Å². The zero-order valence-corrected chi connectivity index (χ0v) is 14.3. The van der Waals surface area contributed by atoms with E-state index in [1.165, 1.54) is 0 Å². The van der Waals surface area contributed by atoms with Gasteiger partial charge in [0.05, 0.1) is 28.8 Å². The molecule has 0 radical (unpaired) electrons. The highest BCUT2D eigenvalue weighted by Gasteiger charge is 2.52. The monoisotopic (exact) mass is 314 g/mol. The molecule has 23 heavy (non-hydrogen) atoms. The SMILES string of the molecule is Cc1nc2ccc(C=C(CO)B3OC(C)(C)C(C)(C)O3)cc2[nH]1. The van der Waals surface area contributed by atoms with Crippen LogP contribution in [0.1, 0.15) is 39.1 Å². The van der Waals surface area contributed by atoms with E-state index in [9.17, 15) is 5.11 Å². The summed E-state index contributed by atoms with van der Waals surface area (Å²) >= 11 is 0. The van der Waals surface area contributed by atoms with Crippen LogP contribution in [0, 0.1) is 6.92 Å². The summed E-state index contributed by atoms with van der Waals surface area (Å²) in [5, 5.41) is 9.76. The maximum absolute atomic E-state index is 9.76. The third-order valence-electron chi connectivity index (χ3n) is 4.71. The lowest BCUT2D eigenvalue weighted by Gasteiger charge is -2.32. The molecule has 0 atom stereocenters. The van der Waals surface area contributed by atoms with Gasteiger partial charge in [-0.1, -0.05) is 12.1 Å². The van der Waals surface area contributed by atoms with Gasteiger partial charge in [-0.05, 0) is 57.8 Å². The summed E-state index contributed by atoms with van der Waals surface area (Å²) in [6.07, 6.45) is 1.91. The molecule has 122 valence electrons. The second-order valence-electron chi connectivity index (χ2n) is 7.06. The average molecular weight is 314 g/mol. The number of aromatic nitrogens is 2. The number of aliphatic hydroxyl groups excluding tert-OH is 1. The van der Waals surface area contributed by atoms with Crippen LogP contribution in [-0.2, 0) is 9.31 Å². The van der Waals surface area contributed by atoms with Crippen LogP contribution in [0.5, 0.6) is 0 Å². The van der Waals surface area contributed by atoms with Crippen LogP contribution in [0.3, 0.4) is 0 Å². The Balaban J connectivity index is 1.92. The first-order valence-electron chi connectivity index (χ1n) is 7.85. The first-order valence-corrected chi connectivity index (χ1v) is 7.85. The summed E-state index contributed by atoms with van der Waals surface area (Å²) < 4.78 is 12.0. The number of benzene rings is 1. The van der Waals surface area contributed by atoms with Crippen molar-refractivity contribution < 1.29 is 14.4 Å². The van der Waals surface area contributed by atoms with Crippen molar-refractivity contribution in [2.45, 2.75) is 45.8 Å². The highest BCUT2D eigenvalue weighted by atomic mass is 16.7. The molecule has 2 heterocycles. The number of aromatic amines is 1. The van der Waals surface area contributed by atoms with E-state index in [0.717, 1.165) is 22.4 Å². The van der Waals surface area contributed by atoms with Gasteiger partial charge in [-0.3, -0.25) is 0 Å². The van der Waals surface area contributed by atoms with Gasteiger partial charge in [0.25, 0.3) is 0 Å². The molecule has 0 aliphatic carbocycles. The number of aryl methyl sites for hydroxylation is 1. The molecule has 0 bridgehead atoms. The molecule has 2 aromatic rings. The molecule has 0 unspecified atom stereocenters. The van der Waals surface area contributed by atoms with Gasteiger partial charge in [0.2, 0.25) is 0 Å². The van der Waals surface area contributed by atoms with Crippen molar-refractivity contribution in [1.29, 1.82) is 0 Å². The van der Waals surface area contributed by atoms with Crippen LogP contribution in [0.25, 0.3) is 17.1 Å². The number of hydrogen-bond acceptors (Lipinski definition) is 4. The minimum atomic E-state index is -0.538. The molecule has 1 aliphatic rings. The van der Waals surface area contributed by atoms with Crippen LogP contribution >= 0.6 is 0 Å². The molecule has 3 rings (SSSR count). The van der Waals surface area contributed by atoms with E-state index in [1.54, 1.807) is 0 Å². The maximum atomic E-state index is 9.76. The number of H-pyrrole nitrogens is 1. The molecule has 6 heteroatoms. The zero-order chi connectivity index (χ0) is 16.8. The van der Waals surface area contributed by atoms with E-state index in [4.69, 9.17) is 9.31 Å². The van der Waals surface area contributed by atoms with Gasteiger partial charge < -0.3 is 19.4 Å². The van der Waals surface area contributed by atoms with Gasteiger partial charge in [0.1, 0.15) is 5.82 Å². The number of fused-ring (bicyclic) bond motifs is 1. The highest BCUT2D eigenvalue weighted by molar-refractivity contribution is 6.55. The summed E-state index contributed by atoms with van der Waals surface area (Å²) in [4.78, 5) is 7.61. The second-order valence-corrected chi connectivity index (χ2v) is 7.06. The van der Waals surface area contributed by atoms with Crippen LogP contribution in [0.4, 0.5) is 0 Å².